The summed E-state index contributed by atoms with van der Waals surface area (Å²) in [6.45, 7) is 2.77. The maximum Gasteiger partial charge on any atom is 0.673 e. The van der Waals surface area contributed by atoms with Crippen LogP contribution in [0.25, 0.3) is 0 Å². The summed E-state index contributed by atoms with van der Waals surface area (Å²) in [5, 5.41) is 0. The molecule has 5 rings (SSSR count). The van der Waals surface area contributed by atoms with Crippen molar-refractivity contribution in [3.05, 3.63) is 147 Å². The van der Waals surface area contributed by atoms with E-state index in [2.05, 4.69) is 0 Å². The van der Waals surface area contributed by atoms with Crippen molar-refractivity contribution in [2.45, 2.75) is 6.92 Å². The standard InChI is InChI=1S/C5H7O.4C5H5.BF4.2Fe/c1-2-6-5-3-4-5;4*1-2-4-5-3-1;2-1(3,4)5;;/h3-4H,2H2,1H3;4*1-5H;;;/q-1;;;;;-1;;. The van der Waals surface area contributed by atoms with Gasteiger partial charge in [-0.25, -0.2) is 12.8 Å². The van der Waals surface area contributed by atoms with Gasteiger partial charge >= 0.3 is 7.25 Å². The Labute approximate surface area is 223 Å². The quantitative estimate of drug-likeness (QED) is 0.225. The van der Waals surface area contributed by atoms with E-state index in [-0.39, 0.29) is 34.1 Å². The Hall–Kier alpha value is 0.654. The van der Waals surface area contributed by atoms with E-state index in [1.807, 2.05) is 148 Å². The minimum atomic E-state index is -6.00. The fourth-order valence-electron chi connectivity index (χ4n) is 1.58. The number of hydrogen-bond donors (Lipinski definition) is 0. The van der Waals surface area contributed by atoms with Crippen molar-refractivity contribution in [1.82, 2.24) is 0 Å². The van der Waals surface area contributed by atoms with Crippen LogP contribution in [0.1, 0.15) is 6.92 Å². The molecule has 182 valence electrons. The molecule has 8 heteroatoms. The molecule has 5 saturated carbocycles. The Morgan fingerprint density at radius 2 is 0.667 bits per heavy atom. The molecule has 20 radical (unpaired) electrons. The van der Waals surface area contributed by atoms with E-state index < -0.39 is 7.25 Å². The molecule has 1 nitrogen and oxygen atoms in total. The second kappa shape index (κ2) is 28.9. The predicted molar refractivity (Wildman–Crippen MR) is 120 cm³/mol. The molecule has 0 amide bonds. The smallest absolute Gasteiger partial charge is 0.418 e. The van der Waals surface area contributed by atoms with E-state index in [1.54, 1.807) is 0 Å². The molecule has 5 aliphatic carbocycles. The van der Waals surface area contributed by atoms with Crippen molar-refractivity contribution in [2.75, 3.05) is 6.61 Å². The first-order valence-corrected chi connectivity index (χ1v) is 9.65. The van der Waals surface area contributed by atoms with Gasteiger partial charge in [-0.15, -0.1) is 6.10 Å². The molecule has 0 heterocycles. The summed E-state index contributed by atoms with van der Waals surface area (Å²) < 4.78 is 44.0. The Kier molecular flexibility index (Phi) is 33.4. The monoisotopic (exact) mass is 542 g/mol. The maximum atomic E-state index is 9.75. The van der Waals surface area contributed by atoms with Gasteiger partial charge in [0, 0.05) is 34.1 Å². The number of rotatable bonds is 2. The van der Waals surface area contributed by atoms with Crippen molar-refractivity contribution < 1.29 is 56.1 Å². The summed E-state index contributed by atoms with van der Waals surface area (Å²) in [5.41, 5.74) is 0. The molecule has 0 aromatic carbocycles. The molecule has 0 unspecified atom stereocenters. The molecule has 5 fully saturated rings. The van der Waals surface area contributed by atoms with Crippen molar-refractivity contribution in [3.63, 3.8) is 0 Å². The summed E-state index contributed by atoms with van der Waals surface area (Å²) in [4.78, 5) is 0. The third kappa shape index (κ3) is 43.2. The molecule has 0 bridgehead atoms. The van der Waals surface area contributed by atoms with Crippen LogP contribution in [0, 0.1) is 147 Å². The van der Waals surface area contributed by atoms with Crippen molar-refractivity contribution in [2.24, 2.45) is 0 Å². The van der Waals surface area contributed by atoms with Crippen LogP contribution in [0.3, 0.4) is 0 Å². The predicted octanol–water partition coefficient (Wildman–Crippen LogP) is 6.36. The SMILES string of the molecule is CCO[C+]1[CH-][CH-]1.F[B-](F)(F)F.[CH]1[CH][CH][CH][CH]1.[CH]1[CH][CH][CH][CH]1.[CH]1[CH][CH][CH][CH]1.[CH]1[CH][CH][CH][CH]1.[Fe].[Fe]. The van der Waals surface area contributed by atoms with Gasteiger partial charge in [0.1, 0.15) is 0 Å². The zero-order chi connectivity index (χ0) is 23.0. The molecule has 0 aromatic heterocycles. The van der Waals surface area contributed by atoms with E-state index in [1.165, 1.54) is 0 Å². The zero-order valence-corrected chi connectivity index (χ0v) is 20.3. The van der Waals surface area contributed by atoms with E-state index in [9.17, 15) is 17.3 Å². The molecule has 33 heavy (non-hydrogen) atoms. The van der Waals surface area contributed by atoms with Crippen LogP contribution in [0.4, 0.5) is 17.3 Å². The van der Waals surface area contributed by atoms with Crippen LogP contribution in [0.2, 0.25) is 0 Å². The van der Waals surface area contributed by atoms with Crippen LogP contribution in [-0.2, 0) is 38.9 Å². The summed E-state index contributed by atoms with van der Waals surface area (Å²) in [7, 11) is -6.00. The first-order valence-electron chi connectivity index (χ1n) is 9.65. The number of ether oxygens (including phenoxy) is 1. The molecule has 0 spiro atoms. The molecule has 0 aromatic rings. The second-order valence-corrected chi connectivity index (χ2v) is 5.51. The molecule has 0 atom stereocenters. The van der Waals surface area contributed by atoms with E-state index >= 15 is 0 Å². The molecule has 0 saturated heterocycles. The fourth-order valence-corrected chi connectivity index (χ4v) is 1.58. The van der Waals surface area contributed by atoms with Gasteiger partial charge in [-0.3, -0.25) is 4.74 Å². The summed E-state index contributed by atoms with van der Waals surface area (Å²) in [5.74, 6) is 0. The summed E-state index contributed by atoms with van der Waals surface area (Å²) in [6, 6.07) is 0. The van der Waals surface area contributed by atoms with Crippen molar-refractivity contribution in [1.29, 1.82) is 0 Å². The summed E-state index contributed by atoms with van der Waals surface area (Å²) in [6.07, 6.45) is 44.9. The average molecular weight is 542 g/mol. The van der Waals surface area contributed by atoms with Gasteiger partial charge in [0.05, 0.1) is 6.61 Å². The van der Waals surface area contributed by atoms with Gasteiger partial charge in [-0.1, -0.05) is 0 Å². The first kappa shape index (κ1) is 38.2. The Morgan fingerprint density at radius 1 is 0.515 bits per heavy atom. The van der Waals surface area contributed by atoms with Gasteiger partial charge in [-0.05, 0) is 135 Å². The fraction of sp³-hybridized carbons (Fsp3) is 0.0800. The van der Waals surface area contributed by atoms with Crippen LogP contribution >= 0.6 is 0 Å². The van der Waals surface area contributed by atoms with Gasteiger partial charge in [0.15, 0.2) is 0 Å². The Balaban J connectivity index is -0.000000324. The Morgan fingerprint density at radius 3 is 0.727 bits per heavy atom. The van der Waals surface area contributed by atoms with Crippen LogP contribution in [0.15, 0.2) is 0 Å². The number of halogens is 4. The third-order valence-electron chi connectivity index (χ3n) is 2.84. The van der Waals surface area contributed by atoms with Crippen molar-refractivity contribution in [3.8, 4) is 0 Å². The molecule has 5 aliphatic rings. The van der Waals surface area contributed by atoms with Gasteiger partial charge in [0.2, 0.25) is 0 Å². The van der Waals surface area contributed by atoms with E-state index in [4.69, 9.17) is 4.74 Å². The average Bonchev–Trinajstić information content (AvgIpc) is 3.45. The second-order valence-electron chi connectivity index (χ2n) is 5.51. The zero-order valence-electron chi connectivity index (χ0n) is 18.1. The number of hydrogen-bond acceptors (Lipinski definition) is 1. The molecule has 0 N–H and O–H groups in total. The topological polar surface area (TPSA) is 9.23 Å². The van der Waals surface area contributed by atoms with Gasteiger partial charge in [-0.2, -0.15) is 0 Å². The van der Waals surface area contributed by atoms with Crippen molar-refractivity contribution >= 4 is 7.25 Å². The van der Waals surface area contributed by atoms with Gasteiger partial charge < -0.3 is 17.3 Å². The minimum absolute atomic E-state index is 0. The molecular formula is C25H27BF4Fe2O-2. The summed E-state index contributed by atoms with van der Waals surface area (Å²) >= 11 is 0. The first-order chi connectivity index (χ1) is 14.9. The van der Waals surface area contributed by atoms with Crippen LogP contribution in [0.5, 0.6) is 0 Å². The normalized spacial score (nSPS) is 19.7. The van der Waals surface area contributed by atoms with E-state index in [0.717, 1.165) is 12.7 Å². The molecular weight excluding hydrogens is 515 g/mol. The van der Waals surface area contributed by atoms with Gasteiger partial charge in [0.25, 0.3) is 0 Å². The third-order valence-corrected chi connectivity index (χ3v) is 2.84. The maximum absolute atomic E-state index is 9.75. The van der Waals surface area contributed by atoms with E-state index in [0.29, 0.717) is 0 Å². The molecule has 0 aliphatic heterocycles. The Bertz CT molecular complexity index is 267. The van der Waals surface area contributed by atoms with Crippen LogP contribution in [-0.4, -0.2) is 13.9 Å². The minimum Gasteiger partial charge on any atom is -0.418 e. The largest absolute Gasteiger partial charge is 0.673 e. The van der Waals surface area contributed by atoms with Crippen LogP contribution < -0.4 is 0 Å².